The summed E-state index contributed by atoms with van der Waals surface area (Å²) >= 11 is 0. The zero-order chi connectivity index (χ0) is 13.0. The molecule has 2 rings (SSSR count). The zero-order valence-electron chi connectivity index (χ0n) is 11.5. The number of amides is 1. The van der Waals surface area contributed by atoms with Crippen molar-refractivity contribution in [2.24, 2.45) is 0 Å². The van der Waals surface area contributed by atoms with E-state index in [0.717, 1.165) is 52.4 Å². The van der Waals surface area contributed by atoms with Crippen molar-refractivity contribution >= 4 is 5.91 Å². The molecule has 0 radical (unpaired) electrons. The van der Waals surface area contributed by atoms with Gasteiger partial charge in [-0.15, -0.1) is 0 Å². The molecule has 0 saturated carbocycles. The van der Waals surface area contributed by atoms with Crippen LogP contribution in [0.15, 0.2) is 0 Å². The van der Waals surface area contributed by atoms with Crippen molar-refractivity contribution in [3.05, 3.63) is 0 Å². The first-order chi connectivity index (χ1) is 8.66. The smallest absolute Gasteiger partial charge is 0.239 e. The summed E-state index contributed by atoms with van der Waals surface area (Å²) in [5.74, 6) is 0.243. The molecule has 0 aromatic heterocycles. The molecular weight excluding hydrogens is 230 g/mol. The number of nitrogens with zero attached hydrogens (tertiary/aromatic N) is 2. The van der Waals surface area contributed by atoms with Gasteiger partial charge in [-0.3, -0.25) is 9.69 Å². The van der Waals surface area contributed by atoms with Gasteiger partial charge in [-0.05, 0) is 20.3 Å². The van der Waals surface area contributed by atoms with E-state index in [1.807, 2.05) is 11.8 Å². The molecule has 1 amide bonds. The van der Waals surface area contributed by atoms with Crippen LogP contribution in [0, 0.1) is 0 Å². The lowest BCUT2D eigenvalue weighted by Crippen LogP contribution is -2.47. The molecule has 0 bridgehead atoms. The van der Waals surface area contributed by atoms with E-state index in [2.05, 4.69) is 17.1 Å². The summed E-state index contributed by atoms with van der Waals surface area (Å²) in [6.45, 7) is 10.4. The Kier molecular flexibility index (Phi) is 4.97. The van der Waals surface area contributed by atoms with Crippen LogP contribution in [0.1, 0.15) is 20.3 Å². The van der Waals surface area contributed by atoms with Gasteiger partial charge >= 0.3 is 0 Å². The Balaban J connectivity index is 1.81. The van der Waals surface area contributed by atoms with Gasteiger partial charge in [-0.25, -0.2) is 0 Å². The van der Waals surface area contributed by atoms with Gasteiger partial charge in [0.15, 0.2) is 0 Å². The Morgan fingerprint density at radius 3 is 2.67 bits per heavy atom. The molecule has 2 atom stereocenters. The largest absolute Gasteiger partial charge is 0.379 e. The maximum absolute atomic E-state index is 12.2. The fourth-order valence-electron chi connectivity index (χ4n) is 2.62. The second kappa shape index (κ2) is 6.50. The van der Waals surface area contributed by atoms with Gasteiger partial charge in [0.25, 0.3) is 0 Å². The van der Waals surface area contributed by atoms with Crippen molar-refractivity contribution in [2.75, 3.05) is 45.9 Å². The molecule has 18 heavy (non-hydrogen) atoms. The van der Waals surface area contributed by atoms with E-state index < -0.39 is 0 Å². The molecule has 2 aliphatic rings. The maximum Gasteiger partial charge on any atom is 0.239 e. The summed E-state index contributed by atoms with van der Waals surface area (Å²) in [4.78, 5) is 16.6. The minimum atomic E-state index is -0.0489. The Bertz CT molecular complexity index is 279. The Labute approximate surface area is 109 Å². The molecule has 5 heteroatoms. The number of hydrogen-bond donors (Lipinski definition) is 1. The van der Waals surface area contributed by atoms with Crippen LogP contribution in [-0.2, 0) is 9.53 Å². The summed E-state index contributed by atoms with van der Waals surface area (Å²) < 4.78 is 5.33. The van der Waals surface area contributed by atoms with Crippen molar-refractivity contribution in [2.45, 2.75) is 32.4 Å². The van der Waals surface area contributed by atoms with E-state index in [4.69, 9.17) is 4.74 Å². The predicted octanol–water partition coefficient (Wildman–Crippen LogP) is -0.0825. The first-order valence-electron chi connectivity index (χ1n) is 7.02. The topological polar surface area (TPSA) is 44.8 Å². The fourth-order valence-corrected chi connectivity index (χ4v) is 2.62. The molecule has 5 nitrogen and oxygen atoms in total. The van der Waals surface area contributed by atoms with Gasteiger partial charge in [0.2, 0.25) is 5.91 Å². The van der Waals surface area contributed by atoms with Gasteiger partial charge < -0.3 is 15.0 Å². The molecule has 0 aromatic carbocycles. The lowest BCUT2D eigenvalue weighted by atomic mass is 10.2. The SMILES string of the molecule is CC1CCN(CCN2CCOCC2)C(=O)C(C)N1. The second-order valence-corrected chi connectivity index (χ2v) is 5.36. The van der Waals surface area contributed by atoms with E-state index in [1.54, 1.807) is 0 Å². The number of ether oxygens (including phenoxy) is 1. The van der Waals surface area contributed by atoms with Crippen molar-refractivity contribution in [1.29, 1.82) is 0 Å². The number of hydrogen-bond acceptors (Lipinski definition) is 4. The summed E-state index contributed by atoms with van der Waals surface area (Å²) in [7, 11) is 0. The average Bonchev–Trinajstić information content (AvgIpc) is 2.50. The highest BCUT2D eigenvalue weighted by molar-refractivity contribution is 5.81. The third-order valence-corrected chi connectivity index (χ3v) is 3.84. The van der Waals surface area contributed by atoms with Gasteiger partial charge in [-0.1, -0.05) is 0 Å². The summed E-state index contributed by atoms with van der Waals surface area (Å²) in [6.07, 6.45) is 1.04. The Hall–Kier alpha value is -0.650. The third-order valence-electron chi connectivity index (χ3n) is 3.84. The average molecular weight is 255 g/mol. The van der Waals surface area contributed by atoms with Gasteiger partial charge in [0, 0.05) is 38.8 Å². The van der Waals surface area contributed by atoms with Gasteiger partial charge in [-0.2, -0.15) is 0 Å². The van der Waals surface area contributed by atoms with Crippen LogP contribution >= 0.6 is 0 Å². The van der Waals surface area contributed by atoms with Crippen molar-refractivity contribution in [3.63, 3.8) is 0 Å². The molecule has 2 aliphatic heterocycles. The maximum atomic E-state index is 12.2. The molecule has 0 aromatic rings. The molecular formula is C13H25N3O2. The van der Waals surface area contributed by atoms with Crippen molar-refractivity contribution < 1.29 is 9.53 Å². The molecule has 104 valence electrons. The highest BCUT2D eigenvalue weighted by atomic mass is 16.5. The van der Waals surface area contributed by atoms with E-state index in [9.17, 15) is 4.79 Å². The highest BCUT2D eigenvalue weighted by Gasteiger charge is 2.26. The molecule has 1 N–H and O–H groups in total. The molecule has 2 heterocycles. The number of nitrogens with one attached hydrogen (secondary N) is 1. The number of carbonyl (C=O) groups excluding carboxylic acids is 1. The highest BCUT2D eigenvalue weighted by Crippen LogP contribution is 2.07. The standard InChI is InChI=1S/C13H25N3O2/c1-11-3-4-16(13(17)12(2)14-11)6-5-15-7-9-18-10-8-15/h11-12,14H,3-10H2,1-2H3. The predicted molar refractivity (Wildman–Crippen MR) is 70.5 cm³/mol. The van der Waals surface area contributed by atoms with Crippen LogP contribution < -0.4 is 5.32 Å². The lowest BCUT2D eigenvalue weighted by Gasteiger charge is -2.30. The van der Waals surface area contributed by atoms with Gasteiger partial charge in [0.1, 0.15) is 0 Å². The van der Waals surface area contributed by atoms with Crippen molar-refractivity contribution in [1.82, 2.24) is 15.1 Å². The minimum Gasteiger partial charge on any atom is -0.379 e. The van der Waals surface area contributed by atoms with Crippen LogP contribution in [0.5, 0.6) is 0 Å². The van der Waals surface area contributed by atoms with Gasteiger partial charge in [0.05, 0.1) is 19.3 Å². The van der Waals surface area contributed by atoms with E-state index in [1.165, 1.54) is 0 Å². The fraction of sp³-hybridized carbons (Fsp3) is 0.923. The number of carbonyl (C=O) groups is 1. The van der Waals surface area contributed by atoms with Crippen LogP contribution in [0.4, 0.5) is 0 Å². The quantitative estimate of drug-likeness (QED) is 0.766. The van der Waals surface area contributed by atoms with E-state index in [0.29, 0.717) is 6.04 Å². The second-order valence-electron chi connectivity index (χ2n) is 5.36. The van der Waals surface area contributed by atoms with Crippen molar-refractivity contribution in [3.8, 4) is 0 Å². The van der Waals surface area contributed by atoms with Crippen LogP contribution in [0.25, 0.3) is 0 Å². The Morgan fingerprint density at radius 2 is 1.94 bits per heavy atom. The Morgan fingerprint density at radius 1 is 1.22 bits per heavy atom. The summed E-state index contributed by atoms with van der Waals surface area (Å²) in [5.41, 5.74) is 0. The van der Waals surface area contributed by atoms with Crippen LogP contribution in [0.2, 0.25) is 0 Å². The zero-order valence-corrected chi connectivity index (χ0v) is 11.5. The molecule has 0 aliphatic carbocycles. The van der Waals surface area contributed by atoms with Crippen LogP contribution in [-0.4, -0.2) is 73.7 Å². The normalized spacial score (nSPS) is 31.4. The molecule has 2 fully saturated rings. The summed E-state index contributed by atoms with van der Waals surface area (Å²) in [5, 5.41) is 3.33. The monoisotopic (exact) mass is 255 g/mol. The summed E-state index contributed by atoms with van der Waals surface area (Å²) in [6, 6.07) is 0.379. The number of morpholine rings is 1. The van der Waals surface area contributed by atoms with E-state index >= 15 is 0 Å². The molecule has 2 unspecified atom stereocenters. The van der Waals surface area contributed by atoms with Crippen LogP contribution in [0.3, 0.4) is 0 Å². The molecule has 2 saturated heterocycles. The first kappa shape index (κ1) is 13.8. The van der Waals surface area contributed by atoms with E-state index in [-0.39, 0.29) is 11.9 Å². The lowest BCUT2D eigenvalue weighted by molar-refractivity contribution is -0.132. The first-order valence-corrected chi connectivity index (χ1v) is 7.02. The molecule has 0 spiro atoms. The number of rotatable bonds is 3. The minimum absolute atomic E-state index is 0.0489. The third kappa shape index (κ3) is 3.67.